The number of pyridine rings is 1. The second kappa shape index (κ2) is 15.2. The second-order valence-corrected chi connectivity index (χ2v) is 20.1. The van der Waals surface area contributed by atoms with Gasteiger partial charge in [0.1, 0.15) is 29.5 Å². The van der Waals surface area contributed by atoms with Gasteiger partial charge in [-0.15, -0.1) is 0 Å². The number of aromatic nitrogens is 1. The molecule has 3 heterocycles. The third-order valence-corrected chi connectivity index (χ3v) is 13.9. The normalized spacial score (nSPS) is 29.9. The van der Waals surface area contributed by atoms with Crippen LogP contribution in [0.1, 0.15) is 100 Å². The topological polar surface area (TPSA) is 185 Å². The lowest BCUT2D eigenvalue weighted by molar-refractivity contribution is -0.146. The van der Waals surface area contributed by atoms with E-state index in [1.54, 1.807) is 33.9 Å². The number of amides is 4. The van der Waals surface area contributed by atoms with E-state index in [4.69, 9.17) is 9.47 Å². The molecule has 3 fully saturated rings. The third-order valence-electron chi connectivity index (χ3n) is 11.8. The van der Waals surface area contributed by atoms with Crippen molar-refractivity contribution in [3.8, 4) is 11.6 Å². The molecule has 4 aliphatic rings. The quantitative estimate of drug-likeness (QED) is 0.292. The summed E-state index contributed by atoms with van der Waals surface area (Å²) in [5, 5.41) is 15.0. The maximum atomic E-state index is 15.1. The summed E-state index contributed by atoms with van der Waals surface area (Å²) in [5.41, 5.74) is -2.52. The van der Waals surface area contributed by atoms with Crippen molar-refractivity contribution in [1.29, 1.82) is 0 Å². The van der Waals surface area contributed by atoms with Crippen molar-refractivity contribution in [2.45, 2.75) is 140 Å². The van der Waals surface area contributed by atoms with Crippen molar-refractivity contribution in [3.05, 3.63) is 42.6 Å². The molecular formula is C41H57N5O9S. The predicted molar refractivity (Wildman–Crippen MR) is 210 cm³/mol. The van der Waals surface area contributed by atoms with Crippen molar-refractivity contribution in [3.63, 3.8) is 0 Å². The predicted octanol–water partition coefficient (Wildman–Crippen LogP) is 5.40. The lowest BCUT2D eigenvalue weighted by Crippen LogP contribution is -2.62. The summed E-state index contributed by atoms with van der Waals surface area (Å²) in [7, 11) is -4.01. The minimum Gasteiger partial charge on any atom is -0.491 e. The van der Waals surface area contributed by atoms with Gasteiger partial charge in [0.15, 0.2) is 0 Å². The first-order chi connectivity index (χ1) is 26.2. The Morgan fingerprint density at radius 2 is 1.84 bits per heavy atom. The second-order valence-electron chi connectivity index (χ2n) is 17.9. The Morgan fingerprint density at radius 1 is 1.12 bits per heavy atom. The molecule has 0 spiro atoms. The van der Waals surface area contributed by atoms with Crippen molar-refractivity contribution in [2.75, 3.05) is 6.54 Å². The minimum absolute atomic E-state index is 0.0128. The standard InChI is InChI=1S/C41H57N5O9S/c1-24(2)54-29-13-14-31-27(20-29)15-18-42-35(31)55-30-21-32-34(47)43-41(37(49)44-56(52,53)40(8)16-17-40)22-28(41)12-10-9-11-25(3)19-26(4)33(36(48)45(32)23-30)46(38(50)51)39(5,6)7/h10,12-15,18,20,24-26,28,30,32-33H,9,11,16-17,19,21-23H2,1-8H3,(H,43,47)(H,44,49)(H,50,51)/b12-10-/t25-,26-,28-,30-,32+,33+,41-/m1/s1. The van der Waals surface area contributed by atoms with Crippen LogP contribution in [0.5, 0.6) is 11.6 Å². The van der Waals surface area contributed by atoms with E-state index in [0.717, 1.165) is 11.8 Å². The van der Waals surface area contributed by atoms with Crippen molar-refractivity contribution >= 4 is 44.6 Å². The zero-order valence-electron chi connectivity index (χ0n) is 33.7. The first kappa shape index (κ1) is 41.2. The molecule has 2 aliphatic heterocycles. The number of nitrogens with zero attached hydrogens (tertiary/aromatic N) is 3. The zero-order chi connectivity index (χ0) is 41.0. The molecule has 1 saturated heterocycles. The first-order valence-electron chi connectivity index (χ1n) is 19.8. The molecule has 1 aromatic heterocycles. The molecule has 14 nitrogen and oxygen atoms in total. The molecule has 0 bridgehead atoms. The van der Waals surface area contributed by atoms with Gasteiger partial charge in [-0.2, -0.15) is 0 Å². The molecule has 7 atom stereocenters. The molecule has 2 saturated carbocycles. The number of allylic oxidation sites excluding steroid dienone is 1. The van der Waals surface area contributed by atoms with Crippen LogP contribution < -0.4 is 19.5 Å². The molecule has 0 unspecified atom stereocenters. The van der Waals surface area contributed by atoms with Crippen LogP contribution in [0.2, 0.25) is 0 Å². The molecule has 0 radical (unpaired) electrons. The highest BCUT2D eigenvalue weighted by Crippen LogP contribution is 2.48. The number of sulfonamides is 1. The molecule has 1 aromatic carbocycles. The highest BCUT2D eigenvalue weighted by atomic mass is 32.2. The van der Waals surface area contributed by atoms with Crippen LogP contribution in [-0.2, 0) is 24.4 Å². The first-order valence-corrected chi connectivity index (χ1v) is 21.2. The average Bonchev–Trinajstić information content (AvgIpc) is 3.97. The van der Waals surface area contributed by atoms with Crippen LogP contribution in [0.4, 0.5) is 4.79 Å². The fourth-order valence-corrected chi connectivity index (χ4v) is 9.60. The SMILES string of the molecule is CC(C)Oc1ccc2c(O[C@@H]3C[C@H]4C(=O)N[C@]5(C(=O)NS(=O)(=O)C6(C)CC6)C[C@H]5/C=C\CC[C@@H](C)C[C@@H](C)[C@H](N(C(=O)O)C(C)(C)C)C(=O)N4C3)nccc2c1. The average molecular weight is 796 g/mol. The van der Waals surface area contributed by atoms with E-state index in [1.165, 1.54) is 9.80 Å². The van der Waals surface area contributed by atoms with Gasteiger partial charge in [0, 0.05) is 29.5 Å². The number of rotatable bonds is 8. The number of nitrogens with one attached hydrogen (secondary N) is 2. The van der Waals surface area contributed by atoms with Gasteiger partial charge in [-0.1, -0.05) is 26.0 Å². The van der Waals surface area contributed by atoms with Crippen molar-refractivity contribution < 1.29 is 42.2 Å². The number of hydrogen-bond donors (Lipinski definition) is 3. The Hall–Kier alpha value is -4.40. The maximum Gasteiger partial charge on any atom is 0.408 e. The zero-order valence-corrected chi connectivity index (χ0v) is 34.5. The van der Waals surface area contributed by atoms with E-state index >= 15 is 4.79 Å². The van der Waals surface area contributed by atoms with Gasteiger partial charge < -0.3 is 24.8 Å². The monoisotopic (exact) mass is 795 g/mol. The lowest BCUT2D eigenvalue weighted by atomic mass is 9.85. The fraction of sp³-hybridized carbons (Fsp3) is 0.634. The Bertz CT molecular complexity index is 2010. The van der Waals surface area contributed by atoms with Crippen LogP contribution >= 0.6 is 0 Å². The summed E-state index contributed by atoms with van der Waals surface area (Å²) in [6, 6.07) is 5.06. The Labute approximate surface area is 329 Å². The van der Waals surface area contributed by atoms with E-state index in [0.29, 0.717) is 42.7 Å². The van der Waals surface area contributed by atoms with E-state index in [1.807, 2.05) is 57.2 Å². The van der Waals surface area contributed by atoms with Crippen molar-refractivity contribution in [2.24, 2.45) is 17.8 Å². The Kier molecular flexibility index (Phi) is 11.2. The van der Waals surface area contributed by atoms with Gasteiger partial charge in [0.2, 0.25) is 27.7 Å². The molecule has 3 N–H and O–H groups in total. The van der Waals surface area contributed by atoms with Crippen LogP contribution in [-0.4, -0.2) is 98.8 Å². The molecular weight excluding hydrogens is 739 g/mol. The number of carboxylic acid groups (broad SMARTS) is 1. The van der Waals surface area contributed by atoms with Crippen LogP contribution in [0.15, 0.2) is 42.6 Å². The summed E-state index contributed by atoms with van der Waals surface area (Å²) in [6.07, 6.45) is 6.38. The summed E-state index contributed by atoms with van der Waals surface area (Å²) >= 11 is 0. The number of hydrogen-bond acceptors (Lipinski definition) is 9. The van der Waals surface area contributed by atoms with Gasteiger partial charge in [0.05, 0.1) is 17.4 Å². The minimum atomic E-state index is -4.01. The maximum absolute atomic E-state index is 15.1. The smallest absolute Gasteiger partial charge is 0.408 e. The Balaban J connectivity index is 1.38. The van der Waals surface area contributed by atoms with Gasteiger partial charge in [0.25, 0.3) is 5.91 Å². The van der Waals surface area contributed by atoms with Gasteiger partial charge >= 0.3 is 6.09 Å². The molecule has 56 heavy (non-hydrogen) atoms. The van der Waals surface area contributed by atoms with Gasteiger partial charge in [-0.3, -0.25) is 24.0 Å². The fourth-order valence-electron chi connectivity index (χ4n) is 8.29. The number of carbonyl (C=O) groups is 4. The van der Waals surface area contributed by atoms with E-state index in [-0.39, 0.29) is 31.4 Å². The van der Waals surface area contributed by atoms with Crippen molar-refractivity contribution in [1.82, 2.24) is 24.8 Å². The highest BCUT2D eigenvalue weighted by Gasteiger charge is 2.63. The molecule has 2 aliphatic carbocycles. The largest absolute Gasteiger partial charge is 0.491 e. The number of ether oxygens (including phenoxy) is 2. The number of fused-ring (bicyclic) bond motifs is 3. The molecule has 306 valence electrons. The van der Waals surface area contributed by atoms with Crippen LogP contribution in [0.3, 0.4) is 0 Å². The summed E-state index contributed by atoms with van der Waals surface area (Å²) < 4.78 is 40.0. The third kappa shape index (κ3) is 8.33. The lowest BCUT2D eigenvalue weighted by Gasteiger charge is -2.43. The highest BCUT2D eigenvalue weighted by molar-refractivity contribution is 7.91. The van der Waals surface area contributed by atoms with E-state index < -0.39 is 79.7 Å². The van der Waals surface area contributed by atoms with Crippen LogP contribution in [0, 0.1) is 17.8 Å². The van der Waals surface area contributed by atoms with Crippen LogP contribution in [0.25, 0.3) is 10.8 Å². The summed E-state index contributed by atoms with van der Waals surface area (Å²) in [5.74, 6) is -1.82. The molecule has 4 amide bonds. The molecule has 6 rings (SSSR count). The summed E-state index contributed by atoms with van der Waals surface area (Å²) in [4.78, 5) is 63.7. The molecule has 15 heteroatoms. The van der Waals surface area contributed by atoms with E-state index in [2.05, 4.69) is 21.9 Å². The molecule has 2 aromatic rings. The Morgan fingerprint density at radius 3 is 2.48 bits per heavy atom. The van der Waals surface area contributed by atoms with E-state index in [9.17, 15) is 27.9 Å². The van der Waals surface area contributed by atoms with Gasteiger partial charge in [-0.25, -0.2) is 18.2 Å². The number of carbonyl (C=O) groups excluding carboxylic acids is 3. The van der Waals surface area contributed by atoms with Gasteiger partial charge in [-0.05, 0) is 122 Å². The number of benzene rings is 1. The summed E-state index contributed by atoms with van der Waals surface area (Å²) in [6.45, 7) is 14.5.